The maximum absolute atomic E-state index is 12.2. The van der Waals surface area contributed by atoms with Gasteiger partial charge >= 0.3 is 0 Å². The molecule has 1 atom stereocenters. The first-order chi connectivity index (χ1) is 8.31. The van der Waals surface area contributed by atoms with E-state index in [0.29, 0.717) is 11.8 Å². The van der Waals surface area contributed by atoms with Crippen molar-refractivity contribution >= 4 is 17.7 Å². The lowest BCUT2D eigenvalue weighted by atomic mass is 9.92. The van der Waals surface area contributed by atoms with Gasteiger partial charge in [-0.15, -0.1) is 0 Å². The van der Waals surface area contributed by atoms with Crippen molar-refractivity contribution in [2.75, 3.05) is 38.2 Å². The minimum Gasteiger partial charge on any atom is -0.342 e. The Kier molecular flexibility index (Phi) is 5.16. The molecule has 0 radical (unpaired) electrons. The molecule has 98 valence electrons. The van der Waals surface area contributed by atoms with Crippen LogP contribution in [0.15, 0.2) is 0 Å². The van der Waals surface area contributed by atoms with Gasteiger partial charge in [-0.3, -0.25) is 4.79 Å². The van der Waals surface area contributed by atoms with Gasteiger partial charge in [0.25, 0.3) is 0 Å². The zero-order valence-electron chi connectivity index (χ0n) is 10.8. The van der Waals surface area contributed by atoms with E-state index < -0.39 is 0 Å². The molecule has 2 saturated heterocycles. The Labute approximate surface area is 109 Å². The van der Waals surface area contributed by atoms with Crippen LogP contribution in [0, 0.1) is 11.8 Å². The summed E-state index contributed by atoms with van der Waals surface area (Å²) in [5.41, 5.74) is 0. The molecule has 2 fully saturated rings. The minimum atomic E-state index is 0.328. The third-order valence-electron chi connectivity index (χ3n) is 4.01. The van der Waals surface area contributed by atoms with Crippen LogP contribution in [0.1, 0.15) is 25.7 Å². The van der Waals surface area contributed by atoms with Crippen molar-refractivity contribution in [3.63, 3.8) is 0 Å². The Morgan fingerprint density at radius 2 is 2.12 bits per heavy atom. The van der Waals surface area contributed by atoms with Gasteiger partial charge in [0.1, 0.15) is 0 Å². The second kappa shape index (κ2) is 6.64. The zero-order chi connectivity index (χ0) is 12.1. The maximum Gasteiger partial charge on any atom is 0.226 e. The molecular weight excluding hydrogens is 232 g/mol. The van der Waals surface area contributed by atoms with E-state index in [0.717, 1.165) is 37.7 Å². The van der Waals surface area contributed by atoms with Gasteiger partial charge in [0.2, 0.25) is 5.91 Å². The Bertz CT molecular complexity index is 246. The third kappa shape index (κ3) is 3.62. The fourth-order valence-corrected chi connectivity index (χ4v) is 3.99. The first-order valence-corrected chi connectivity index (χ1v) is 7.98. The van der Waals surface area contributed by atoms with Crippen LogP contribution in [0.4, 0.5) is 0 Å². The van der Waals surface area contributed by atoms with Crippen molar-refractivity contribution in [2.45, 2.75) is 25.7 Å². The normalized spacial score (nSPS) is 26.4. The molecule has 17 heavy (non-hydrogen) atoms. The highest BCUT2D eigenvalue weighted by Gasteiger charge is 2.29. The predicted molar refractivity (Wildman–Crippen MR) is 73.3 cm³/mol. The van der Waals surface area contributed by atoms with Gasteiger partial charge in [0, 0.05) is 24.8 Å². The summed E-state index contributed by atoms with van der Waals surface area (Å²) < 4.78 is 0. The van der Waals surface area contributed by atoms with Gasteiger partial charge in [-0.1, -0.05) is 0 Å². The van der Waals surface area contributed by atoms with Crippen LogP contribution in [0.2, 0.25) is 0 Å². The van der Waals surface area contributed by atoms with Crippen LogP contribution in [0.5, 0.6) is 0 Å². The van der Waals surface area contributed by atoms with Gasteiger partial charge in [-0.25, -0.2) is 0 Å². The van der Waals surface area contributed by atoms with Crippen molar-refractivity contribution in [3.05, 3.63) is 0 Å². The molecular formula is C13H24N2OS. The summed E-state index contributed by atoms with van der Waals surface area (Å²) in [4.78, 5) is 14.3. The van der Waals surface area contributed by atoms with Gasteiger partial charge in [-0.05, 0) is 50.9 Å². The van der Waals surface area contributed by atoms with E-state index in [9.17, 15) is 4.79 Å². The summed E-state index contributed by atoms with van der Waals surface area (Å²) in [6.07, 6.45) is 4.77. The summed E-state index contributed by atoms with van der Waals surface area (Å²) in [5, 5.41) is 3.21. The molecule has 1 unspecified atom stereocenters. The summed E-state index contributed by atoms with van der Waals surface area (Å²) in [6.45, 7) is 3.10. The van der Waals surface area contributed by atoms with Crippen molar-refractivity contribution in [1.82, 2.24) is 10.2 Å². The van der Waals surface area contributed by atoms with Crippen LogP contribution in [0.25, 0.3) is 0 Å². The Balaban J connectivity index is 1.72. The highest BCUT2D eigenvalue weighted by molar-refractivity contribution is 7.99. The zero-order valence-corrected chi connectivity index (χ0v) is 11.6. The lowest BCUT2D eigenvalue weighted by Crippen LogP contribution is -2.42. The van der Waals surface area contributed by atoms with E-state index in [-0.39, 0.29) is 0 Å². The number of nitrogens with zero attached hydrogens (tertiary/aromatic N) is 1. The van der Waals surface area contributed by atoms with Crippen molar-refractivity contribution in [1.29, 1.82) is 0 Å². The molecule has 0 aromatic heterocycles. The number of rotatable bonds is 4. The lowest BCUT2D eigenvalue weighted by Gasteiger charge is -2.33. The molecule has 1 N–H and O–H groups in total. The van der Waals surface area contributed by atoms with Crippen LogP contribution in [-0.2, 0) is 4.79 Å². The number of carbonyl (C=O) groups is 1. The third-order valence-corrected chi connectivity index (χ3v) is 5.17. The molecule has 0 spiro atoms. The van der Waals surface area contributed by atoms with E-state index in [1.807, 2.05) is 18.8 Å². The number of likely N-dealkylation sites (tertiary alicyclic amines) is 1. The standard InChI is InChI=1S/C13H24N2OS/c1-14-6-2-11-3-7-15(8-4-11)13(16)12-5-9-17-10-12/h11-12,14H,2-10H2,1H3. The van der Waals surface area contributed by atoms with E-state index in [2.05, 4.69) is 10.2 Å². The number of hydrogen-bond donors (Lipinski definition) is 1. The second-order valence-corrected chi connectivity index (χ2v) is 6.37. The maximum atomic E-state index is 12.2. The molecule has 0 aliphatic carbocycles. The van der Waals surface area contributed by atoms with E-state index in [1.54, 1.807) is 0 Å². The topological polar surface area (TPSA) is 32.3 Å². The van der Waals surface area contributed by atoms with Crippen molar-refractivity contribution < 1.29 is 4.79 Å². The minimum absolute atomic E-state index is 0.328. The average Bonchev–Trinajstić information content (AvgIpc) is 2.90. The highest BCUT2D eigenvalue weighted by Crippen LogP contribution is 2.27. The lowest BCUT2D eigenvalue weighted by molar-refractivity contribution is -0.136. The summed E-state index contributed by atoms with van der Waals surface area (Å²) >= 11 is 1.93. The first kappa shape index (κ1) is 13.2. The average molecular weight is 256 g/mol. The summed E-state index contributed by atoms with van der Waals surface area (Å²) in [6, 6.07) is 0. The Morgan fingerprint density at radius 3 is 2.71 bits per heavy atom. The van der Waals surface area contributed by atoms with E-state index >= 15 is 0 Å². The van der Waals surface area contributed by atoms with Crippen molar-refractivity contribution in [2.24, 2.45) is 11.8 Å². The Morgan fingerprint density at radius 1 is 1.35 bits per heavy atom. The quantitative estimate of drug-likeness (QED) is 0.829. The van der Waals surface area contributed by atoms with Crippen LogP contribution in [0.3, 0.4) is 0 Å². The van der Waals surface area contributed by atoms with Crippen LogP contribution in [-0.4, -0.2) is 49.0 Å². The second-order valence-electron chi connectivity index (χ2n) is 5.22. The number of hydrogen-bond acceptors (Lipinski definition) is 3. The first-order valence-electron chi connectivity index (χ1n) is 6.82. The molecule has 2 aliphatic rings. The molecule has 2 rings (SSSR count). The highest BCUT2D eigenvalue weighted by atomic mass is 32.2. The number of piperidine rings is 1. The van der Waals surface area contributed by atoms with Crippen LogP contribution < -0.4 is 5.32 Å². The van der Waals surface area contributed by atoms with Crippen LogP contribution >= 0.6 is 11.8 Å². The van der Waals surface area contributed by atoms with Gasteiger partial charge in [0.15, 0.2) is 0 Å². The van der Waals surface area contributed by atoms with Crippen molar-refractivity contribution in [3.8, 4) is 0 Å². The molecule has 0 bridgehead atoms. The molecule has 2 aliphatic heterocycles. The largest absolute Gasteiger partial charge is 0.342 e. The monoisotopic (exact) mass is 256 g/mol. The molecule has 3 nitrogen and oxygen atoms in total. The molecule has 0 aromatic rings. The molecule has 0 aromatic carbocycles. The number of nitrogens with one attached hydrogen (secondary N) is 1. The molecule has 4 heteroatoms. The van der Waals surface area contributed by atoms with E-state index in [1.165, 1.54) is 25.0 Å². The van der Waals surface area contributed by atoms with Gasteiger partial charge in [0.05, 0.1) is 0 Å². The smallest absolute Gasteiger partial charge is 0.226 e. The van der Waals surface area contributed by atoms with E-state index in [4.69, 9.17) is 0 Å². The summed E-state index contributed by atoms with van der Waals surface area (Å²) in [7, 11) is 2.01. The SMILES string of the molecule is CNCCC1CCN(C(=O)C2CCSC2)CC1. The number of carbonyl (C=O) groups excluding carboxylic acids is 1. The van der Waals surface area contributed by atoms with Gasteiger partial charge < -0.3 is 10.2 Å². The number of amides is 1. The molecule has 1 amide bonds. The fraction of sp³-hybridized carbons (Fsp3) is 0.923. The molecule has 2 heterocycles. The van der Waals surface area contributed by atoms with Gasteiger partial charge in [-0.2, -0.15) is 11.8 Å². The predicted octanol–water partition coefficient (Wildman–Crippen LogP) is 1.59. The Hall–Kier alpha value is -0.220. The number of thioether (sulfide) groups is 1. The summed E-state index contributed by atoms with van der Waals surface area (Å²) in [5.74, 6) is 3.81. The molecule has 0 saturated carbocycles. The fourth-order valence-electron chi connectivity index (χ4n) is 2.78.